The highest BCUT2D eigenvalue weighted by Gasteiger charge is 2.16. The summed E-state index contributed by atoms with van der Waals surface area (Å²) in [5.41, 5.74) is 3.92. The van der Waals surface area contributed by atoms with Crippen molar-refractivity contribution in [3.05, 3.63) is 17.0 Å². The minimum Gasteiger partial charge on any atom is -0.269 e. The van der Waals surface area contributed by atoms with Crippen LogP contribution in [0.5, 0.6) is 0 Å². The summed E-state index contributed by atoms with van der Waals surface area (Å²) >= 11 is 0. The molecule has 1 fully saturated rings. The summed E-state index contributed by atoms with van der Waals surface area (Å²) in [6, 6.07) is 0. The molecule has 0 saturated heterocycles. The van der Waals surface area contributed by atoms with E-state index in [2.05, 4.69) is 30.6 Å². The fourth-order valence-corrected chi connectivity index (χ4v) is 2.58. The number of nitrogens with zero attached hydrogens (tertiary/aromatic N) is 2. The van der Waals surface area contributed by atoms with Crippen molar-refractivity contribution in [2.24, 2.45) is 5.92 Å². The van der Waals surface area contributed by atoms with E-state index < -0.39 is 0 Å². The summed E-state index contributed by atoms with van der Waals surface area (Å²) in [5, 5.41) is 4.62. The van der Waals surface area contributed by atoms with Crippen LogP contribution in [0.2, 0.25) is 0 Å². The fraction of sp³-hybridized carbons (Fsp3) is 0.769. The number of hydrogen-bond donors (Lipinski definition) is 0. The highest BCUT2D eigenvalue weighted by Crippen LogP contribution is 2.25. The predicted molar refractivity (Wildman–Crippen MR) is 63.0 cm³/mol. The molecule has 1 aromatic heterocycles. The molecule has 0 unspecified atom stereocenters. The van der Waals surface area contributed by atoms with Crippen molar-refractivity contribution in [3.63, 3.8) is 0 Å². The third kappa shape index (κ3) is 2.24. The molecule has 0 atom stereocenters. The second kappa shape index (κ2) is 4.38. The molecular weight excluding hydrogens is 184 g/mol. The van der Waals surface area contributed by atoms with Gasteiger partial charge in [0.1, 0.15) is 0 Å². The number of rotatable bonds is 2. The molecule has 84 valence electrons. The molecule has 1 aliphatic rings. The van der Waals surface area contributed by atoms with Gasteiger partial charge < -0.3 is 0 Å². The van der Waals surface area contributed by atoms with Crippen molar-refractivity contribution in [2.75, 3.05) is 0 Å². The summed E-state index contributed by atoms with van der Waals surface area (Å²) in [7, 11) is 0. The minimum atomic E-state index is 0.871. The van der Waals surface area contributed by atoms with Gasteiger partial charge >= 0.3 is 0 Å². The van der Waals surface area contributed by atoms with Crippen LogP contribution >= 0.6 is 0 Å². The van der Waals surface area contributed by atoms with Crippen LogP contribution in [0, 0.1) is 26.7 Å². The van der Waals surface area contributed by atoms with Crippen LogP contribution in [0.3, 0.4) is 0 Å². The van der Waals surface area contributed by atoms with Gasteiger partial charge in [0.15, 0.2) is 0 Å². The van der Waals surface area contributed by atoms with Crippen LogP contribution in [-0.2, 0) is 6.54 Å². The zero-order valence-electron chi connectivity index (χ0n) is 10.2. The monoisotopic (exact) mass is 206 g/mol. The molecule has 15 heavy (non-hydrogen) atoms. The van der Waals surface area contributed by atoms with Crippen LogP contribution in [0.25, 0.3) is 0 Å². The molecule has 1 aromatic rings. The lowest BCUT2D eigenvalue weighted by Crippen LogP contribution is -2.16. The summed E-state index contributed by atoms with van der Waals surface area (Å²) in [4.78, 5) is 0. The van der Waals surface area contributed by atoms with Crippen molar-refractivity contribution in [3.8, 4) is 0 Å². The summed E-state index contributed by atoms with van der Waals surface area (Å²) in [6.07, 6.45) is 7.08. The van der Waals surface area contributed by atoms with E-state index in [4.69, 9.17) is 0 Å². The van der Waals surface area contributed by atoms with Gasteiger partial charge in [0.25, 0.3) is 0 Å². The van der Waals surface area contributed by atoms with Crippen LogP contribution in [0.4, 0.5) is 0 Å². The zero-order chi connectivity index (χ0) is 10.8. The molecule has 2 heteroatoms. The maximum Gasteiger partial charge on any atom is 0.0625 e. The number of aromatic nitrogens is 2. The molecule has 0 bridgehead atoms. The van der Waals surface area contributed by atoms with Gasteiger partial charge in [-0.15, -0.1) is 0 Å². The van der Waals surface area contributed by atoms with Gasteiger partial charge in [0.05, 0.1) is 5.69 Å². The molecule has 0 radical (unpaired) electrons. The highest BCUT2D eigenvalue weighted by molar-refractivity contribution is 5.22. The quantitative estimate of drug-likeness (QED) is 0.725. The smallest absolute Gasteiger partial charge is 0.0625 e. The minimum absolute atomic E-state index is 0.871. The van der Waals surface area contributed by atoms with Gasteiger partial charge in [0.2, 0.25) is 0 Å². The van der Waals surface area contributed by atoms with Gasteiger partial charge in [-0.2, -0.15) is 5.10 Å². The standard InChI is InChI=1S/C13H22N2/c1-10-11(2)14-15(12(10)3)9-13-7-5-4-6-8-13/h13H,4-9H2,1-3H3. The second-order valence-corrected chi connectivity index (χ2v) is 4.98. The predicted octanol–water partition coefficient (Wildman–Crippen LogP) is 3.39. The molecule has 0 N–H and O–H groups in total. The summed E-state index contributed by atoms with van der Waals surface area (Å²) in [5.74, 6) is 0.871. The van der Waals surface area contributed by atoms with Crippen LogP contribution in [0.1, 0.15) is 49.1 Å². The Labute approximate surface area is 92.7 Å². The first-order chi connectivity index (χ1) is 7.18. The molecule has 0 aromatic carbocycles. The zero-order valence-corrected chi connectivity index (χ0v) is 10.2. The molecule has 0 aliphatic heterocycles. The Morgan fingerprint density at radius 1 is 1.13 bits per heavy atom. The van der Waals surface area contributed by atoms with E-state index >= 15 is 0 Å². The lowest BCUT2D eigenvalue weighted by Gasteiger charge is -2.21. The fourth-order valence-electron chi connectivity index (χ4n) is 2.58. The molecule has 0 amide bonds. The number of hydrogen-bond acceptors (Lipinski definition) is 1. The molecular formula is C13H22N2. The van der Waals surface area contributed by atoms with Crippen LogP contribution in [0.15, 0.2) is 0 Å². The van der Waals surface area contributed by atoms with Crippen LogP contribution < -0.4 is 0 Å². The Kier molecular flexibility index (Phi) is 3.13. The van der Waals surface area contributed by atoms with Gasteiger partial charge in [-0.3, -0.25) is 4.68 Å². The average Bonchev–Trinajstić information content (AvgIpc) is 2.48. The molecule has 1 aliphatic carbocycles. The first-order valence-corrected chi connectivity index (χ1v) is 6.19. The topological polar surface area (TPSA) is 17.8 Å². The first kappa shape index (κ1) is 10.7. The Hall–Kier alpha value is -0.790. The van der Waals surface area contributed by atoms with Crippen molar-refractivity contribution in [1.29, 1.82) is 0 Å². The maximum absolute atomic E-state index is 4.62. The summed E-state index contributed by atoms with van der Waals surface area (Å²) in [6.45, 7) is 7.62. The SMILES string of the molecule is Cc1nn(CC2CCCCC2)c(C)c1C. The van der Waals surface area contributed by atoms with E-state index in [1.165, 1.54) is 49.1 Å². The van der Waals surface area contributed by atoms with Gasteiger partial charge in [-0.1, -0.05) is 19.3 Å². The highest BCUT2D eigenvalue weighted by atomic mass is 15.3. The summed E-state index contributed by atoms with van der Waals surface area (Å²) < 4.78 is 2.22. The van der Waals surface area contributed by atoms with E-state index in [1.807, 2.05) is 0 Å². The normalized spacial score (nSPS) is 18.3. The average molecular weight is 206 g/mol. The van der Waals surface area contributed by atoms with E-state index in [0.29, 0.717) is 0 Å². The largest absolute Gasteiger partial charge is 0.269 e. The second-order valence-electron chi connectivity index (χ2n) is 4.98. The van der Waals surface area contributed by atoms with Crippen LogP contribution in [-0.4, -0.2) is 9.78 Å². The Morgan fingerprint density at radius 3 is 2.33 bits per heavy atom. The van der Waals surface area contributed by atoms with Crippen molar-refractivity contribution in [2.45, 2.75) is 59.4 Å². The Balaban J connectivity index is 2.06. The molecule has 1 saturated carbocycles. The van der Waals surface area contributed by atoms with Crippen molar-refractivity contribution >= 4 is 0 Å². The van der Waals surface area contributed by atoms with Crippen molar-refractivity contribution < 1.29 is 0 Å². The third-order valence-electron chi connectivity index (χ3n) is 3.90. The van der Waals surface area contributed by atoms with Crippen molar-refractivity contribution in [1.82, 2.24) is 9.78 Å². The Morgan fingerprint density at radius 2 is 1.80 bits per heavy atom. The lowest BCUT2D eigenvalue weighted by molar-refractivity contribution is 0.305. The molecule has 2 nitrogen and oxygen atoms in total. The third-order valence-corrected chi connectivity index (χ3v) is 3.90. The molecule has 2 rings (SSSR count). The first-order valence-electron chi connectivity index (χ1n) is 6.19. The van der Waals surface area contributed by atoms with E-state index in [-0.39, 0.29) is 0 Å². The Bertz CT molecular complexity index is 333. The van der Waals surface area contributed by atoms with E-state index in [0.717, 1.165) is 12.5 Å². The molecule has 0 spiro atoms. The van der Waals surface area contributed by atoms with Gasteiger partial charge in [-0.05, 0) is 45.1 Å². The van der Waals surface area contributed by atoms with Gasteiger partial charge in [-0.25, -0.2) is 0 Å². The molecule has 1 heterocycles. The lowest BCUT2D eigenvalue weighted by atomic mass is 9.89. The van der Waals surface area contributed by atoms with Gasteiger partial charge in [0, 0.05) is 12.2 Å². The van der Waals surface area contributed by atoms with E-state index in [1.54, 1.807) is 0 Å². The maximum atomic E-state index is 4.62. The number of aryl methyl sites for hydroxylation is 1. The van der Waals surface area contributed by atoms with E-state index in [9.17, 15) is 0 Å².